The highest BCUT2D eigenvalue weighted by molar-refractivity contribution is 8.93. The van der Waals surface area contributed by atoms with E-state index in [9.17, 15) is 0 Å². The smallest absolute Gasteiger partial charge is 0.450 e. The summed E-state index contributed by atoms with van der Waals surface area (Å²) in [7, 11) is 0. The third-order valence-electron chi connectivity index (χ3n) is 0.863. The number of nitrogens with zero attached hydrogens (tertiary/aromatic N) is 2. The monoisotopic (exact) mass is 439 g/mol. The van der Waals surface area contributed by atoms with Gasteiger partial charge in [0.05, 0.1) is 0 Å². The van der Waals surface area contributed by atoms with Gasteiger partial charge in [0.15, 0.2) is 11.5 Å². The summed E-state index contributed by atoms with van der Waals surface area (Å²) in [6, 6.07) is 0. The number of carbonyl (C=O) groups is 2. The number of anilines is 1. The molecule has 0 aliphatic carbocycles. The van der Waals surface area contributed by atoms with Crippen LogP contribution in [0, 0.1) is 24.2 Å². The Morgan fingerprint density at radius 1 is 0.923 bits per heavy atom. The second-order valence-electron chi connectivity index (χ2n) is 5.46. The highest BCUT2D eigenvalue weighted by Crippen LogP contribution is 1.98. The first-order chi connectivity index (χ1) is 11.3. The van der Waals surface area contributed by atoms with Crippen LogP contribution in [0.4, 0.5) is 15.4 Å². The van der Waals surface area contributed by atoms with Crippen molar-refractivity contribution in [2.45, 2.75) is 41.5 Å². The predicted octanol–water partition coefficient (Wildman–Crippen LogP) is 4.39. The summed E-state index contributed by atoms with van der Waals surface area (Å²) >= 11 is 0. The summed E-state index contributed by atoms with van der Waals surface area (Å²) in [5.41, 5.74) is 5.72. The van der Waals surface area contributed by atoms with Crippen molar-refractivity contribution in [1.82, 2.24) is 9.97 Å². The molecule has 10 heteroatoms. The summed E-state index contributed by atoms with van der Waals surface area (Å²) in [5.74, 6) is 4.27. The average Bonchev–Trinajstić information content (AvgIpc) is 2.36. The fourth-order valence-electron chi connectivity index (χ4n) is 0.460. The topological polar surface area (TPSA) is 167 Å². The Morgan fingerprint density at radius 2 is 1.15 bits per heavy atom. The van der Waals surface area contributed by atoms with E-state index in [1.54, 1.807) is 0 Å². The van der Waals surface area contributed by atoms with Gasteiger partial charge in [-0.2, -0.15) is 0 Å². The third kappa shape index (κ3) is 82.1. The Labute approximate surface area is 165 Å². The summed E-state index contributed by atoms with van der Waals surface area (Å²) < 4.78 is 0. The molecular formula is C16H30BrN3O6. The number of carboxylic acid groups (broad SMARTS) is 4. The number of nitrogen functional groups attached to an aromatic ring is 1. The molecule has 0 aromatic carbocycles. The van der Waals surface area contributed by atoms with Crippen molar-refractivity contribution in [1.29, 1.82) is 0 Å². The number of halogens is 1. The molecule has 0 aliphatic rings. The fraction of sp³-hybridized carbons (Fsp3) is 0.500. The van der Waals surface area contributed by atoms with Crippen LogP contribution in [0.2, 0.25) is 0 Å². The number of terminal acetylenes is 1. The molecular weight excluding hydrogens is 410 g/mol. The molecule has 0 radical (unpaired) electrons. The lowest BCUT2D eigenvalue weighted by Gasteiger charge is -1.90. The van der Waals surface area contributed by atoms with E-state index in [0.29, 0.717) is 11.5 Å². The average molecular weight is 440 g/mol. The maximum Gasteiger partial charge on any atom is 0.503 e. The molecule has 0 bridgehead atoms. The van der Waals surface area contributed by atoms with E-state index in [1.807, 2.05) is 0 Å². The molecule has 1 rings (SSSR count). The van der Waals surface area contributed by atoms with E-state index in [4.69, 9.17) is 42.2 Å². The van der Waals surface area contributed by atoms with Crippen molar-refractivity contribution >= 4 is 35.1 Å². The summed E-state index contributed by atoms with van der Waals surface area (Å²) in [6.07, 6.45) is 4.35. The van der Waals surface area contributed by atoms with Crippen LogP contribution >= 0.6 is 17.0 Å². The molecule has 0 unspecified atom stereocenters. The first-order valence-corrected chi connectivity index (χ1v) is 7.14. The van der Waals surface area contributed by atoms with Gasteiger partial charge in [-0.25, -0.2) is 19.6 Å². The molecule has 1 aromatic heterocycles. The Hall–Kier alpha value is -2.54. The SMILES string of the molecule is Br.C#Cc1nccnc1N.CC(C)C.CC(C)C.O=C(O)O.O=C(O)O. The van der Waals surface area contributed by atoms with Gasteiger partial charge < -0.3 is 26.2 Å². The molecule has 0 spiro atoms. The molecule has 1 aromatic rings. The standard InChI is InChI=1S/C6H5N3.2C4H10.2CH2O3.BrH/c1-2-5-6(7)9-4-3-8-5;2*1-4(2)3;2*2-1(3)4;/h1,3-4H,(H2,7,9);2*4H,1-3H3;2*(H2,2,3,4);1H. The second kappa shape index (κ2) is 24.7. The minimum atomic E-state index is -1.83. The highest BCUT2D eigenvalue weighted by atomic mass is 79.9. The summed E-state index contributed by atoms with van der Waals surface area (Å²) in [5, 5.41) is 27.9. The van der Waals surface area contributed by atoms with Crippen LogP contribution in [0.3, 0.4) is 0 Å². The van der Waals surface area contributed by atoms with Crippen molar-refractivity contribution in [3.63, 3.8) is 0 Å². The summed E-state index contributed by atoms with van der Waals surface area (Å²) in [6.45, 7) is 13.0. The zero-order chi connectivity index (χ0) is 21.0. The second-order valence-corrected chi connectivity index (χ2v) is 5.46. The first kappa shape index (κ1) is 34.7. The molecule has 0 atom stereocenters. The molecule has 9 nitrogen and oxygen atoms in total. The molecule has 0 amide bonds. The van der Waals surface area contributed by atoms with Gasteiger partial charge in [0.25, 0.3) is 0 Å². The van der Waals surface area contributed by atoms with Gasteiger partial charge in [0.2, 0.25) is 0 Å². The van der Waals surface area contributed by atoms with Crippen molar-refractivity contribution in [2.24, 2.45) is 11.8 Å². The van der Waals surface area contributed by atoms with E-state index in [2.05, 4.69) is 57.4 Å². The van der Waals surface area contributed by atoms with Crippen LogP contribution in [0.5, 0.6) is 0 Å². The van der Waals surface area contributed by atoms with Gasteiger partial charge in [0.1, 0.15) is 0 Å². The lowest BCUT2D eigenvalue weighted by Crippen LogP contribution is -1.95. The van der Waals surface area contributed by atoms with Gasteiger partial charge in [-0.05, 0) is 17.8 Å². The lowest BCUT2D eigenvalue weighted by atomic mass is 10.3. The van der Waals surface area contributed by atoms with Crippen LogP contribution in [-0.2, 0) is 0 Å². The van der Waals surface area contributed by atoms with Gasteiger partial charge in [-0.3, -0.25) is 0 Å². The van der Waals surface area contributed by atoms with E-state index >= 15 is 0 Å². The van der Waals surface area contributed by atoms with Gasteiger partial charge in [0, 0.05) is 12.4 Å². The third-order valence-corrected chi connectivity index (χ3v) is 0.863. The Bertz CT molecular complexity index is 473. The molecule has 0 saturated carbocycles. The van der Waals surface area contributed by atoms with Crippen molar-refractivity contribution in [3.8, 4) is 12.3 Å². The molecule has 0 saturated heterocycles. The van der Waals surface area contributed by atoms with E-state index < -0.39 is 12.3 Å². The van der Waals surface area contributed by atoms with Crippen LogP contribution < -0.4 is 5.73 Å². The van der Waals surface area contributed by atoms with E-state index in [0.717, 1.165) is 11.8 Å². The van der Waals surface area contributed by atoms with Crippen LogP contribution in [0.25, 0.3) is 0 Å². The zero-order valence-electron chi connectivity index (χ0n) is 15.9. The lowest BCUT2D eigenvalue weighted by molar-refractivity contribution is 0.135. The predicted molar refractivity (Wildman–Crippen MR) is 107 cm³/mol. The maximum absolute atomic E-state index is 8.56. The van der Waals surface area contributed by atoms with Crippen molar-refractivity contribution in [2.75, 3.05) is 5.73 Å². The fourth-order valence-corrected chi connectivity index (χ4v) is 0.460. The Balaban J connectivity index is -0.0000000752. The van der Waals surface area contributed by atoms with Gasteiger partial charge in [-0.15, -0.1) is 23.4 Å². The first-order valence-electron chi connectivity index (χ1n) is 7.14. The van der Waals surface area contributed by atoms with Crippen LogP contribution in [0.1, 0.15) is 47.2 Å². The van der Waals surface area contributed by atoms with Crippen molar-refractivity contribution < 1.29 is 30.0 Å². The largest absolute Gasteiger partial charge is 0.503 e. The normalized spacial score (nSPS) is 7.50. The van der Waals surface area contributed by atoms with Gasteiger partial charge >= 0.3 is 12.3 Å². The number of nitrogens with two attached hydrogens (primary N) is 1. The minimum absolute atomic E-state index is 0. The van der Waals surface area contributed by atoms with Crippen LogP contribution in [-0.4, -0.2) is 42.7 Å². The number of rotatable bonds is 0. The maximum atomic E-state index is 8.56. The van der Waals surface area contributed by atoms with E-state index in [1.165, 1.54) is 12.4 Å². The molecule has 152 valence electrons. The molecule has 0 fully saturated rings. The number of aromatic nitrogens is 2. The van der Waals surface area contributed by atoms with Gasteiger partial charge in [-0.1, -0.05) is 41.5 Å². The summed E-state index contributed by atoms with van der Waals surface area (Å²) in [4.78, 5) is 24.6. The van der Waals surface area contributed by atoms with Crippen molar-refractivity contribution in [3.05, 3.63) is 18.1 Å². The zero-order valence-corrected chi connectivity index (χ0v) is 17.6. The Kier molecular flexibility index (Phi) is 33.0. The van der Waals surface area contributed by atoms with Crippen LogP contribution in [0.15, 0.2) is 12.4 Å². The Morgan fingerprint density at radius 3 is 1.31 bits per heavy atom. The molecule has 0 aliphatic heterocycles. The quantitative estimate of drug-likeness (QED) is 0.368. The number of hydrogen-bond donors (Lipinski definition) is 5. The molecule has 1 heterocycles. The number of hydrogen-bond acceptors (Lipinski definition) is 5. The minimum Gasteiger partial charge on any atom is -0.450 e. The van der Waals surface area contributed by atoms with E-state index in [-0.39, 0.29) is 17.0 Å². The molecule has 26 heavy (non-hydrogen) atoms. The highest BCUT2D eigenvalue weighted by Gasteiger charge is 1.92. The molecule has 6 N–H and O–H groups in total.